The molecular formula is C25H31ClN6O. The average molecular weight is 467 g/mol. The maximum atomic E-state index is 12.3. The van der Waals surface area contributed by atoms with E-state index in [1.165, 1.54) is 0 Å². The van der Waals surface area contributed by atoms with Crippen molar-refractivity contribution in [1.29, 1.82) is 0 Å². The highest BCUT2D eigenvalue weighted by atomic mass is 35.5. The molecule has 7 nitrogen and oxygen atoms in total. The van der Waals surface area contributed by atoms with Crippen molar-refractivity contribution in [3.63, 3.8) is 0 Å². The van der Waals surface area contributed by atoms with E-state index in [-0.39, 0.29) is 6.03 Å². The lowest BCUT2D eigenvalue weighted by atomic mass is 9.86. The summed E-state index contributed by atoms with van der Waals surface area (Å²) in [6.07, 6.45) is 4.13. The van der Waals surface area contributed by atoms with Gasteiger partial charge in [-0.1, -0.05) is 29.8 Å². The van der Waals surface area contributed by atoms with Crippen LogP contribution >= 0.6 is 11.6 Å². The molecule has 1 aromatic heterocycles. The van der Waals surface area contributed by atoms with Crippen LogP contribution < -0.4 is 20.9 Å². The number of nitrogens with zero attached hydrogens (tertiary/aromatic N) is 3. The molecule has 0 radical (unpaired) electrons. The monoisotopic (exact) mass is 466 g/mol. The van der Waals surface area contributed by atoms with Crippen LogP contribution in [0.1, 0.15) is 31.2 Å². The molecule has 0 saturated heterocycles. The number of aromatic nitrogens is 2. The van der Waals surface area contributed by atoms with Gasteiger partial charge < -0.3 is 20.9 Å². The summed E-state index contributed by atoms with van der Waals surface area (Å²) in [7, 11) is 4.00. The molecule has 1 aliphatic rings. The Labute approximate surface area is 199 Å². The quantitative estimate of drug-likeness (QED) is 0.450. The Kier molecular flexibility index (Phi) is 7.18. The molecule has 2 aromatic carbocycles. The van der Waals surface area contributed by atoms with Gasteiger partial charge in [0.05, 0.1) is 5.52 Å². The van der Waals surface area contributed by atoms with Gasteiger partial charge >= 0.3 is 6.03 Å². The van der Waals surface area contributed by atoms with Crippen LogP contribution in [-0.4, -0.2) is 42.7 Å². The topological polar surface area (TPSA) is 82.2 Å². The summed E-state index contributed by atoms with van der Waals surface area (Å²) < 4.78 is 0. The van der Waals surface area contributed by atoms with Crippen LogP contribution in [0, 0.1) is 12.8 Å². The second-order valence-corrected chi connectivity index (χ2v) is 9.30. The van der Waals surface area contributed by atoms with Gasteiger partial charge in [-0.2, -0.15) is 4.98 Å². The van der Waals surface area contributed by atoms with Gasteiger partial charge in [0.1, 0.15) is 5.82 Å². The molecule has 3 N–H and O–H groups in total. The lowest BCUT2D eigenvalue weighted by molar-refractivity contribution is 0.246. The first-order valence-corrected chi connectivity index (χ1v) is 11.8. The number of fused-ring (bicyclic) bond motifs is 1. The molecule has 4 rings (SSSR count). The fourth-order valence-corrected chi connectivity index (χ4v) is 4.48. The minimum Gasteiger partial charge on any atom is -0.362 e. The molecule has 0 aliphatic heterocycles. The van der Waals surface area contributed by atoms with Gasteiger partial charge in [-0.25, -0.2) is 9.78 Å². The second-order valence-electron chi connectivity index (χ2n) is 8.89. The average Bonchev–Trinajstić information content (AvgIpc) is 2.81. The molecule has 2 amide bonds. The summed E-state index contributed by atoms with van der Waals surface area (Å²) in [5.41, 5.74) is 2.55. The Morgan fingerprint density at radius 1 is 1.06 bits per heavy atom. The minimum absolute atomic E-state index is 0.193. The van der Waals surface area contributed by atoms with Crippen molar-refractivity contribution >= 4 is 46.0 Å². The molecule has 1 aliphatic carbocycles. The first-order chi connectivity index (χ1) is 15.9. The van der Waals surface area contributed by atoms with E-state index in [4.69, 9.17) is 21.6 Å². The summed E-state index contributed by atoms with van der Waals surface area (Å²) >= 11 is 6.13. The number of urea groups is 1. The third-order valence-electron chi connectivity index (χ3n) is 6.25. The fourth-order valence-electron chi connectivity index (χ4n) is 4.31. The summed E-state index contributed by atoms with van der Waals surface area (Å²) in [6, 6.07) is 13.7. The number of anilines is 3. The molecule has 1 heterocycles. The summed E-state index contributed by atoms with van der Waals surface area (Å²) in [6.45, 7) is 2.56. The highest BCUT2D eigenvalue weighted by molar-refractivity contribution is 6.31. The van der Waals surface area contributed by atoms with E-state index in [1.54, 1.807) is 0 Å². The fraction of sp³-hybridized carbons (Fsp3) is 0.400. The van der Waals surface area contributed by atoms with Crippen LogP contribution in [0.25, 0.3) is 10.9 Å². The van der Waals surface area contributed by atoms with Crippen molar-refractivity contribution in [2.24, 2.45) is 5.92 Å². The SMILES string of the molecule is Cc1c(Cl)cccc1NC(=O)NCC1CCC(Nc2nc(N(C)C)c3ccccc3n2)CC1. The lowest BCUT2D eigenvalue weighted by Gasteiger charge is -2.29. The third kappa shape index (κ3) is 5.66. The van der Waals surface area contributed by atoms with Crippen LogP contribution in [0.4, 0.5) is 22.2 Å². The molecule has 1 saturated carbocycles. The van der Waals surface area contributed by atoms with Gasteiger partial charge in [0.2, 0.25) is 5.95 Å². The van der Waals surface area contributed by atoms with E-state index >= 15 is 0 Å². The predicted octanol–water partition coefficient (Wildman–Crippen LogP) is 5.45. The number of nitrogens with one attached hydrogen (secondary N) is 3. The number of hydrogen-bond acceptors (Lipinski definition) is 5. The molecule has 0 atom stereocenters. The van der Waals surface area contributed by atoms with Crippen molar-refractivity contribution < 1.29 is 4.79 Å². The Hall–Kier alpha value is -3.06. The molecule has 33 heavy (non-hydrogen) atoms. The number of carbonyl (C=O) groups excluding carboxylic acids is 1. The van der Waals surface area contributed by atoms with Gasteiger partial charge in [-0.15, -0.1) is 0 Å². The lowest BCUT2D eigenvalue weighted by Crippen LogP contribution is -2.36. The Bertz CT molecular complexity index is 1130. The first-order valence-electron chi connectivity index (χ1n) is 11.4. The molecule has 1 fully saturated rings. The summed E-state index contributed by atoms with van der Waals surface area (Å²) in [4.78, 5) is 23.8. The van der Waals surface area contributed by atoms with Crippen LogP contribution in [0.2, 0.25) is 5.02 Å². The molecule has 0 spiro atoms. The second kappa shape index (κ2) is 10.3. The number of halogens is 1. The molecule has 3 aromatic rings. The van der Waals surface area contributed by atoms with Crippen LogP contribution in [0.5, 0.6) is 0 Å². The Balaban J connectivity index is 1.28. The number of hydrogen-bond donors (Lipinski definition) is 3. The number of amides is 2. The molecular weight excluding hydrogens is 436 g/mol. The van der Waals surface area contributed by atoms with Crippen LogP contribution in [0.3, 0.4) is 0 Å². The van der Waals surface area contributed by atoms with Gasteiger partial charge in [0, 0.05) is 42.8 Å². The van der Waals surface area contributed by atoms with E-state index in [0.29, 0.717) is 29.5 Å². The number of carbonyl (C=O) groups is 1. The molecule has 174 valence electrons. The van der Waals surface area contributed by atoms with Crippen molar-refractivity contribution in [1.82, 2.24) is 15.3 Å². The predicted molar refractivity (Wildman–Crippen MR) is 136 cm³/mol. The molecule has 0 unspecified atom stereocenters. The van der Waals surface area contributed by atoms with Gasteiger partial charge in [-0.05, 0) is 68.4 Å². The minimum atomic E-state index is -0.193. The first kappa shape index (κ1) is 23.1. The summed E-state index contributed by atoms with van der Waals surface area (Å²) in [5, 5.41) is 11.1. The highest BCUT2D eigenvalue weighted by Gasteiger charge is 2.23. The smallest absolute Gasteiger partial charge is 0.319 e. The van der Waals surface area contributed by atoms with Crippen molar-refractivity contribution in [2.45, 2.75) is 38.6 Å². The van der Waals surface area contributed by atoms with Gasteiger partial charge in [0.25, 0.3) is 0 Å². The zero-order valence-corrected chi connectivity index (χ0v) is 20.1. The van der Waals surface area contributed by atoms with Crippen LogP contribution in [-0.2, 0) is 0 Å². The standard InChI is InChI=1S/C25H31ClN6O/c1-16-20(26)8-6-10-21(16)30-25(33)27-15-17-11-13-18(14-12-17)28-24-29-22-9-5-4-7-19(22)23(31-24)32(2)3/h4-10,17-18H,11-15H2,1-3H3,(H2,27,30,33)(H,28,29,31). The number of rotatable bonds is 6. The normalized spacial score (nSPS) is 18.1. The third-order valence-corrected chi connectivity index (χ3v) is 6.66. The Morgan fingerprint density at radius 3 is 2.58 bits per heavy atom. The maximum Gasteiger partial charge on any atom is 0.319 e. The summed E-state index contributed by atoms with van der Waals surface area (Å²) in [5.74, 6) is 2.06. The van der Waals surface area contributed by atoms with Crippen LogP contribution in [0.15, 0.2) is 42.5 Å². The van der Waals surface area contributed by atoms with E-state index in [1.807, 2.05) is 62.3 Å². The number of benzene rings is 2. The van der Waals surface area contributed by atoms with Gasteiger partial charge in [-0.3, -0.25) is 0 Å². The van der Waals surface area contributed by atoms with E-state index < -0.39 is 0 Å². The molecule has 8 heteroatoms. The largest absolute Gasteiger partial charge is 0.362 e. The maximum absolute atomic E-state index is 12.3. The molecule has 0 bridgehead atoms. The van der Waals surface area contributed by atoms with Crippen molar-refractivity contribution in [3.8, 4) is 0 Å². The van der Waals surface area contributed by atoms with Crippen molar-refractivity contribution in [3.05, 3.63) is 53.1 Å². The zero-order chi connectivity index (χ0) is 23.4. The highest BCUT2D eigenvalue weighted by Crippen LogP contribution is 2.28. The number of para-hydroxylation sites is 1. The van der Waals surface area contributed by atoms with E-state index in [2.05, 4.69) is 22.0 Å². The van der Waals surface area contributed by atoms with Crippen molar-refractivity contribution in [2.75, 3.05) is 36.2 Å². The Morgan fingerprint density at radius 2 is 1.82 bits per heavy atom. The van der Waals surface area contributed by atoms with E-state index in [0.717, 1.165) is 53.7 Å². The van der Waals surface area contributed by atoms with Gasteiger partial charge in [0.15, 0.2) is 0 Å². The zero-order valence-electron chi connectivity index (χ0n) is 19.4. The van der Waals surface area contributed by atoms with E-state index in [9.17, 15) is 4.79 Å².